The molecule has 2 aliphatic rings. The highest BCUT2D eigenvalue weighted by molar-refractivity contribution is 14.1. The number of carboxylic acids is 2. The molecule has 2 amide bonds. The van der Waals surface area contributed by atoms with Crippen molar-refractivity contribution in [3.8, 4) is 11.5 Å². The first-order chi connectivity index (χ1) is 27.7. The van der Waals surface area contributed by atoms with Gasteiger partial charge >= 0.3 is 11.9 Å². The zero-order chi connectivity index (χ0) is 41.9. The van der Waals surface area contributed by atoms with Crippen molar-refractivity contribution >= 4 is 115 Å². The van der Waals surface area contributed by atoms with Crippen LogP contribution in [0, 0.1) is 7.14 Å². The fraction of sp³-hybridized carbons (Fsp3) is 0.300. The molecule has 4 aromatic carbocycles. The first kappa shape index (κ1) is 46.0. The molecule has 0 unspecified atom stereocenters. The van der Waals surface area contributed by atoms with E-state index in [0.717, 1.165) is 53.4 Å². The Morgan fingerprint density at radius 1 is 0.552 bits per heavy atom. The van der Waals surface area contributed by atoms with Gasteiger partial charge < -0.3 is 29.5 Å². The highest BCUT2D eigenvalue weighted by atomic mass is 127. The molecule has 0 radical (unpaired) electrons. The number of hydrogen-bond donors (Lipinski definition) is 2. The van der Waals surface area contributed by atoms with Crippen LogP contribution in [0.15, 0.2) is 72.8 Å². The van der Waals surface area contributed by atoms with Gasteiger partial charge in [0.25, 0.3) is 11.8 Å². The van der Waals surface area contributed by atoms with E-state index >= 15 is 0 Å². The molecule has 2 N–H and O–H groups in total. The number of carbonyl (C=O) groups excluding carboxylic acids is 2. The monoisotopic (exact) mass is 1100 g/mol. The Hall–Kier alpha value is -3.10. The molecule has 58 heavy (non-hydrogen) atoms. The third-order valence-electron chi connectivity index (χ3n) is 9.25. The van der Waals surface area contributed by atoms with E-state index in [1.54, 1.807) is 15.9 Å². The van der Waals surface area contributed by atoms with Crippen molar-refractivity contribution in [1.29, 1.82) is 0 Å². The van der Waals surface area contributed by atoms with Gasteiger partial charge in [0.15, 0.2) is 19.0 Å². The van der Waals surface area contributed by atoms with Crippen molar-refractivity contribution in [2.45, 2.75) is 13.1 Å². The lowest BCUT2D eigenvalue weighted by Gasteiger charge is -2.34. The summed E-state index contributed by atoms with van der Waals surface area (Å²) in [4.78, 5) is 55.9. The molecule has 308 valence electrons. The number of carboxylic acid groups (broad SMARTS) is 2. The van der Waals surface area contributed by atoms with Gasteiger partial charge in [-0.1, -0.05) is 70.7 Å². The normalized spacial score (nSPS) is 14.7. The average Bonchev–Trinajstić information content (AvgIpc) is 3.19. The van der Waals surface area contributed by atoms with Gasteiger partial charge in [0.05, 0.1) is 8.59 Å². The molecule has 18 heteroatoms. The van der Waals surface area contributed by atoms with Gasteiger partial charge in [-0.15, -0.1) is 0 Å². The molecule has 0 aromatic heterocycles. The topological polar surface area (TPSA) is 140 Å². The van der Waals surface area contributed by atoms with E-state index in [0.29, 0.717) is 34.8 Å². The number of aromatic carboxylic acids is 2. The number of benzene rings is 4. The Balaban J connectivity index is 0.000000221. The molecule has 0 atom stereocenters. The molecule has 2 saturated heterocycles. The number of ether oxygens (including phenoxy) is 2. The van der Waals surface area contributed by atoms with Crippen LogP contribution in [0.25, 0.3) is 0 Å². The van der Waals surface area contributed by atoms with Crippen molar-refractivity contribution in [2.75, 3.05) is 65.6 Å². The Morgan fingerprint density at radius 3 is 1.40 bits per heavy atom. The van der Waals surface area contributed by atoms with Crippen LogP contribution in [0.4, 0.5) is 0 Å². The summed E-state index contributed by atoms with van der Waals surface area (Å²) >= 11 is 27.8. The van der Waals surface area contributed by atoms with Crippen LogP contribution in [0.5, 0.6) is 11.5 Å². The highest BCUT2D eigenvalue weighted by Crippen LogP contribution is 2.33. The second kappa shape index (κ2) is 21.9. The maximum Gasteiger partial charge on any atom is 0.339 e. The number of nitrogens with zero attached hydrogens (tertiary/aromatic N) is 4. The first-order valence-electron chi connectivity index (χ1n) is 17.9. The predicted molar refractivity (Wildman–Crippen MR) is 240 cm³/mol. The molecule has 6 rings (SSSR count). The second-order valence-corrected chi connectivity index (χ2v) is 17.4. The summed E-state index contributed by atoms with van der Waals surface area (Å²) < 4.78 is 12.5. The number of piperazine rings is 2. The third kappa shape index (κ3) is 13.5. The molecule has 2 fully saturated rings. The zero-order valence-electron chi connectivity index (χ0n) is 30.8. The number of rotatable bonds is 12. The van der Waals surface area contributed by atoms with Crippen LogP contribution in [-0.4, -0.2) is 119 Å². The Kier molecular flexibility index (Phi) is 17.4. The lowest BCUT2D eigenvalue weighted by atomic mass is 10.2. The SMILES string of the molecule is O=C(O)c1cc(Cl)cc(Cl)c1OCC(=O)N1CCN(Cc2ccc(Cl)cc2)CC1.O=C(O)c1cc(I)cc(I)c1OCC(=O)N1CCN(Cc2ccc(Cl)cc2)CC1. The largest absolute Gasteiger partial charge is 0.482 e. The molecular formula is C40H38Cl4I2N4O8. The molecule has 0 saturated carbocycles. The van der Waals surface area contributed by atoms with Gasteiger partial charge in [-0.25, -0.2) is 9.59 Å². The molecule has 0 aliphatic carbocycles. The van der Waals surface area contributed by atoms with Crippen molar-refractivity contribution in [3.63, 3.8) is 0 Å². The summed E-state index contributed by atoms with van der Waals surface area (Å²) in [6.45, 7) is 6.52. The Bertz CT molecular complexity index is 1950. The van der Waals surface area contributed by atoms with Crippen LogP contribution in [0.2, 0.25) is 20.1 Å². The van der Waals surface area contributed by atoms with Crippen LogP contribution < -0.4 is 9.47 Å². The van der Waals surface area contributed by atoms with E-state index in [2.05, 4.69) is 32.4 Å². The number of hydrogen-bond acceptors (Lipinski definition) is 8. The summed E-state index contributed by atoms with van der Waals surface area (Å²) in [5.41, 5.74) is 2.24. The minimum Gasteiger partial charge on any atom is -0.482 e. The van der Waals surface area contributed by atoms with E-state index in [9.17, 15) is 29.4 Å². The maximum absolute atomic E-state index is 12.5. The Morgan fingerprint density at radius 2 is 0.966 bits per heavy atom. The van der Waals surface area contributed by atoms with E-state index in [1.807, 2.05) is 77.2 Å². The lowest BCUT2D eigenvalue weighted by Crippen LogP contribution is -2.49. The Labute approximate surface area is 383 Å². The molecule has 0 bridgehead atoms. The molecule has 0 spiro atoms. The van der Waals surface area contributed by atoms with Gasteiger partial charge in [0.1, 0.15) is 16.9 Å². The lowest BCUT2D eigenvalue weighted by molar-refractivity contribution is -0.135. The van der Waals surface area contributed by atoms with E-state index in [4.69, 9.17) is 55.9 Å². The highest BCUT2D eigenvalue weighted by Gasteiger charge is 2.25. The minimum atomic E-state index is -1.23. The number of halogens is 6. The van der Waals surface area contributed by atoms with Crippen LogP contribution in [0.3, 0.4) is 0 Å². The smallest absolute Gasteiger partial charge is 0.339 e. The summed E-state index contributed by atoms with van der Waals surface area (Å²) in [6.07, 6.45) is 0. The zero-order valence-corrected chi connectivity index (χ0v) is 38.2. The van der Waals surface area contributed by atoms with E-state index in [-0.39, 0.29) is 57.7 Å². The number of carbonyl (C=O) groups is 4. The predicted octanol–water partition coefficient (Wildman–Crippen LogP) is 8.04. The molecule has 12 nitrogen and oxygen atoms in total. The van der Waals surface area contributed by atoms with Crippen molar-refractivity contribution in [1.82, 2.24) is 19.6 Å². The fourth-order valence-corrected chi connectivity index (χ4v) is 8.99. The van der Waals surface area contributed by atoms with Crippen LogP contribution in [0.1, 0.15) is 31.8 Å². The van der Waals surface area contributed by atoms with E-state index in [1.165, 1.54) is 17.7 Å². The molecule has 2 heterocycles. The van der Waals surface area contributed by atoms with Crippen molar-refractivity contribution in [2.24, 2.45) is 0 Å². The average molecular weight is 1100 g/mol. The van der Waals surface area contributed by atoms with Crippen molar-refractivity contribution in [3.05, 3.63) is 122 Å². The van der Waals surface area contributed by atoms with Gasteiger partial charge in [-0.05, 0) is 105 Å². The first-order valence-corrected chi connectivity index (χ1v) is 21.5. The van der Waals surface area contributed by atoms with E-state index < -0.39 is 11.9 Å². The number of amides is 2. The van der Waals surface area contributed by atoms with Gasteiger partial charge in [0.2, 0.25) is 0 Å². The van der Waals surface area contributed by atoms with Crippen LogP contribution in [-0.2, 0) is 22.7 Å². The molecule has 2 aliphatic heterocycles. The fourth-order valence-electron chi connectivity index (χ4n) is 6.19. The summed E-state index contributed by atoms with van der Waals surface area (Å²) in [6, 6.07) is 21.5. The van der Waals surface area contributed by atoms with Crippen LogP contribution >= 0.6 is 91.6 Å². The standard InChI is InChI=1S/C20H19Cl3N2O4.C20H19ClI2N2O4/c2*21-14-3-1-13(2-4-14)11-24-5-7-25(8-6-24)18(26)12-29-19-16(20(27)28)9-15(22)10-17(19)23/h2*1-4,9-10H,5-8,11-12H2,(H,27,28). The summed E-state index contributed by atoms with van der Waals surface area (Å²) in [5.74, 6) is -2.47. The summed E-state index contributed by atoms with van der Waals surface area (Å²) in [7, 11) is 0. The third-order valence-corrected chi connectivity index (χ3v) is 11.7. The second-order valence-electron chi connectivity index (χ2n) is 13.3. The maximum atomic E-state index is 12.5. The van der Waals surface area contributed by atoms with Gasteiger partial charge in [-0.3, -0.25) is 19.4 Å². The minimum absolute atomic E-state index is 0.0514. The molecular weight excluding hydrogens is 1060 g/mol. The van der Waals surface area contributed by atoms with Crippen molar-refractivity contribution < 1.29 is 38.9 Å². The molecule has 4 aromatic rings. The quantitative estimate of drug-likeness (QED) is 0.134. The summed E-state index contributed by atoms with van der Waals surface area (Å²) in [5, 5.41) is 20.3. The van der Waals surface area contributed by atoms with Gasteiger partial charge in [-0.2, -0.15) is 0 Å². The van der Waals surface area contributed by atoms with Gasteiger partial charge in [0, 0.05) is 84.1 Å².